The minimum Gasteiger partial charge on any atom is -0.356 e. The van der Waals surface area contributed by atoms with Gasteiger partial charge in [-0.05, 0) is 61.6 Å². The number of fused-ring (bicyclic) bond motifs is 1. The maximum absolute atomic E-state index is 12.7. The molecule has 1 N–H and O–H groups in total. The van der Waals surface area contributed by atoms with Crippen molar-refractivity contribution < 1.29 is 9.00 Å². The molecule has 1 aliphatic rings. The van der Waals surface area contributed by atoms with E-state index in [4.69, 9.17) is 9.97 Å². The average molecular weight is 529 g/mol. The van der Waals surface area contributed by atoms with Gasteiger partial charge in [-0.25, -0.2) is 9.97 Å². The fraction of sp³-hybridized carbons (Fsp3) is 0.345. The number of hydrogen-bond donors (Lipinski definition) is 1. The zero-order valence-corrected chi connectivity index (χ0v) is 23.0. The average Bonchev–Trinajstić information content (AvgIpc) is 2.91. The van der Waals surface area contributed by atoms with E-state index < -0.39 is 10.8 Å². The van der Waals surface area contributed by atoms with Crippen molar-refractivity contribution in [3.05, 3.63) is 71.8 Å². The second-order valence-corrected chi connectivity index (χ2v) is 11.6. The Morgan fingerprint density at radius 1 is 1.03 bits per heavy atom. The van der Waals surface area contributed by atoms with E-state index in [9.17, 15) is 9.00 Å². The Kier molecular flexibility index (Phi) is 7.46. The van der Waals surface area contributed by atoms with Crippen molar-refractivity contribution in [2.24, 2.45) is 11.8 Å². The molecule has 0 radical (unpaired) electrons. The van der Waals surface area contributed by atoms with E-state index in [1.54, 1.807) is 25.4 Å². The summed E-state index contributed by atoms with van der Waals surface area (Å²) in [4.78, 5) is 34.1. The number of hydrogen-bond acceptors (Lipinski definition) is 7. The van der Waals surface area contributed by atoms with Crippen LogP contribution in [0.5, 0.6) is 0 Å². The van der Waals surface area contributed by atoms with Gasteiger partial charge in [-0.15, -0.1) is 0 Å². The molecule has 1 saturated heterocycles. The van der Waals surface area contributed by atoms with Gasteiger partial charge in [0.15, 0.2) is 0 Å². The van der Waals surface area contributed by atoms with Crippen molar-refractivity contribution in [2.45, 2.75) is 38.6 Å². The molecule has 0 aromatic carbocycles. The Bertz CT molecular complexity index is 1510. The van der Waals surface area contributed by atoms with Gasteiger partial charge in [0.2, 0.25) is 0 Å². The quantitative estimate of drug-likeness (QED) is 0.392. The second kappa shape index (κ2) is 10.9. The number of carbonyl (C=O) groups is 1. The topological polar surface area (TPSA) is 101 Å². The van der Waals surface area contributed by atoms with Crippen LogP contribution >= 0.6 is 0 Å². The predicted molar refractivity (Wildman–Crippen MR) is 150 cm³/mol. The number of anilines is 1. The molecule has 0 saturated carbocycles. The largest absolute Gasteiger partial charge is 0.356 e. The van der Waals surface area contributed by atoms with Gasteiger partial charge in [0, 0.05) is 37.1 Å². The Hall–Kier alpha value is -3.72. The van der Waals surface area contributed by atoms with E-state index in [0.717, 1.165) is 41.2 Å². The van der Waals surface area contributed by atoms with Crippen LogP contribution in [0.2, 0.25) is 0 Å². The lowest BCUT2D eigenvalue weighted by Crippen LogP contribution is -2.39. The minimum absolute atomic E-state index is 0.234. The fourth-order valence-corrected chi connectivity index (χ4v) is 5.85. The molecule has 4 aromatic rings. The lowest BCUT2D eigenvalue weighted by Gasteiger charge is -2.35. The number of nitrogens with one attached hydrogen (secondary N) is 1. The highest BCUT2D eigenvalue weighted by Gasteiger charge is 2.23. The number of aryl methyl sites for hydroxylation is 1. The Morgan fingerprint density at radius 2 is 1.79 bits per heavy atom. The van der Waals surface area contributed by atoms with Crippen LogP contribution < -0.4 is 10.2 Å². The molecule has 8 nitrogen and oxygen atoms in total. The first-order valence-corrected chi connectivity index (χ1v) is 14.4. The van der Waals surface area contributed by atoms with Crippen LogP contribution in [-0.4, -0.2) is 49.4 Å². The number of piperidine rings is 1. The van der Waals surface area contributed by atoms with Crippen LogP contribution in [0.1, 0.15) is 42.0 Å². The first-order valence-electron chi connectivity index (χ1n) is 12.8. The summed E-state index contributed by atoms with van der Waals surface area (Å²) in [6.07, 6.45) is 6.09. The molecule has 3 atom stereocenters. The van der Waals surface area contributed by atoms with Crippen LogP contribution in [-0.2, 0) is 17.3 Å². The zero-order valence-electron chi connectivity index (χ0n) is 22.1. The normalized spacial score (nSPS) is 18.4. The molecule has 2 unspecified atom stereocenters. The van der Waals surface area contributed by atoms with E-state index in [-0.39, 0.29) is 12.5 Å². The molecule has 1 amide bonds. The summed E-state index contributed by atoms with van der Waals surface area (Å²) < 4.78 is 11.9. The van der Waals surface area contributed by atoms with Gasteiger partial charge in [0.1, 0.15) is 5.82 Å². The zero-order chi connectivity index (χ0) is 26.8. The molecular weight excluding hydrogens is 496 g/mol. The number of aromatic nitrogens is 4. The summed E-state index contributed by atoms with van der Waals surface area (Å²) in [7, 11) is -1.22. The van der Waals surface area contributed by atoms with Crippen molar-refractivity contribution in [1.82, 2.24) is 25.3 Å². The van der Waals surface area contributed by atoms with Crippen LogP contribution in [0.3, 0.4) is 0 Å². The second-order valence-electron chi connectivity index (χ2n) is 10.2. The van der Waals surface area contributed by atoms with E-state index in [0.29, 0.717) is 33.7 Å². The van der Waals surface area contributed by atoms with E-state index in [2.05, 4.69) is 40.1 Å². The van der Waals surface area contributed by atoms with Gasteiger partial charge in [0.05, 0.1) is 56.1 Å². The molecule has 1 fully saturated rings. The maximum atomic E-state index is 12.7. The standard InChI is InChI=1S/C29H32N6O2S/c1-18-10-19(2)17-35(16-18)28-7-5-6-24(34-28)25-9-8-21-13-31-23(12-26(21)33-25)15-32-29(36)22-11-27(38(4)37)20(3)30-14-22/h5-9,11-14,18-19H,10,15-17H2,1-4H3,(H,32,36)/t18-,19?,38?/m1/s1. The third kappa shape index (κ3) is 5.72. The Morgan fingerprint density at radius 3 is 2.55 bits per heavy atom. The maximum Gasteiger partial charge on any atom is 0.253 e. The van der Waals surface area contributed by atoms with E-state index in [1.165, 1.54) is 12.6 Å². The minimum atomic E-state index is -1.22. The van der Waals surface area contributed by atoms with Crippen LogP contribution in [0.4, 0.5) is 5.82 Å². The first kappa shape index (κ1) is 25.9. The highest BCUT2D eigenvalue weighted by atomic mass is 32.2. The first-order chi connectivity index (χ1) is 18.3. The highest BCUT2D eigenvalue weighted by molar-refractivity contribution is 7.84. The molecule has 5 heterocycles. The van der Waals surface area contributed by atoms with Crippen molar-refractivity contribution in [2.75, 3.05) is 24.2 Å². The van der Waals surface area contributed by atoms with Gasteiger partial charge in [0.25, 0.3) is 5.91 Å². The fourth-order valence-electron chi connectivity index (χ4n) is 5.09. The molecule has 1 aliphatic heterocycles. The molecule has 0 aliphatic carbocycles. The van der Waals surface area contributed by atoms with Crippen molar-refractivity contribution in [1.29, 1.82) is 0 Å². The van der Waals surface area contributed by atoms with Crippen LogP contribution in [0.15, 0.2) is 59.8 Å². The number of nitrogens with zero attached hydrogens (tertiary/aromatic N) is 5. The number of rotatable bonds is 6. The summed E-state index contributed by atoms with van der Waals surface area (Å²) in [5.74, 6) is 1.99. The molecule has 196 valence electrons. The van der Waals surface area contributed by atoms with Gasteiger partial charge in [-0.3, -0.25) is 19.0 Å². The van der Waals surface area contributed by atoms with Gasteiger partial charge in [-0.2, -0.15) is 0 Å². The molecular formula is C29H32N6O2S. The van der Waals surface area contributed by atoms with Crippen molar-refractivity contribution in [3.63, 3.8) is 0 Å². The number of amides is 1. The lowest BCUT2D eigenvalue weighted by molar-refractivity contribution is 0.0950. The summed E-state index contributed by atoms with van der Waals surface area (Å²) >= 11 is 0. The number of pyridine rings is 4. The summed E-state index contributed by atoms with van der Waals surface area (Å²) in [5.41, 5.74) is 4.12. The van der Waals surface area contributed by atoms with Crippen molar-refractivity contribution in [3.8, 4) is 11.4 Å². The number of carbonyl (C=O) groups excluding carboxylic acids is 1. The molecule has 0 bridgehead atoms. The van der Waals surface area contributed by atoms with Gasteiger partial charge < -0.3 is 10.2 Å². The molecule has 5 rings (SSSR count). The molecule has 4 aromatic heterocycles. The van der Waals surface area contributed by atoms with Crippen LogP contribution in [0, 0.1) is 18.8 Å². The summed E-state index contributed by atoms with van der Waals surface area (Å²) in [5, 5.41) is 3.79. The SMILES string of the molecule is Cc1ncc(C(=O)NCc2cc3nc(-c4cccc(N5CC(C)C[C@@H](C)C5)n4)ccc3cn2)cc1S(C)=O. The smallest absolute Gasteiger partial charge is 0.253 e. The Labute approximate surface area is 225 Å². The molecule has 38 heavy (non-hydrogen) atoms. The Balaban J connectivity index is 1.34. The van der Waals surface area contributed by atoms with E-state index >= 15 is 0 Å². The predicted octanol–water partition coefficient (Wildman–Crippen LogP) is 4.54. The monoisotopic (exact) mass is 528 g/mol. The van der Waals surface area contributed by atoms with E-state index in [1.807, 2.05) is 30.3 Å². The van der Waals surface area contributed by atoms with Gasteiger partial charge in [-0.1, -0.05) is 19.9 Å². The highest BCUT2D eigenvalue weighted by Crippen LogP contribution is 2.27. The van der Waals surface area contributed by atoms with Crippen LogP contribution in [0.25, 0.3) is 22.3 Å². The van der Waals surface area contributed by atoms with Crippen molar-refractivity contribution >= 4 is 33.4 Å². The lowest BCUT2D eigenvalue weighted by atomic mass is 9.92. The summed E-state index contributed by atoms with van der Waals surface area (Å²) in [6, 6.07) is 13.6. The van der Waals surface area contributed by atoms with Gasteiger partial charge >= 0.3 is 0 Å². The molecule has 0 spiro atoms. The third-order valence-electron chi connectivity index (χ3n) is 6.86. The molecule has 9 heteroatoms. The third-order valence-corrected chi connectivity index (χ3v) is 7.89. The summed E-state index contributed by atoms with van der Waals surface area (Å²) in [6.45, 7) is 8.64.